The number of ether oxygens (including phenoxy) is 2. The summed E-state index contributed by atoms with van der Waals surface area (Å²) >= 11 is 5.47. The van der Waals surface area contributed by atoms with Gasteiger partial charge in [0.1, 0.15) is 23.8 Å². The molecule has 1 heterocycles. The molecule has 1 amide bonds. The van der Waals surface area contributed by atoms with E-state index in [2.05, 4.69) is 5.32 Å². The maximum absolute atomic E-state index is 13.1. The molecule has 0 aliphatic carbocycles. The van der Waals surface area contributed by atoms with Crippen LogP contribution in [0.5, 0.6) is 11.5 Å². The number of hydrogen-bond acceptors (Lipinski definition) is 4. The van der Waals surface area contributed by atoms with Gasteiger partial charge in [0, 0.05) is 5.56 Å². The van der Waals surface area contributed by atoms with Crippen LogP contribution in [0.3, 0.4) is 0 Å². The second kappa shape index (κ2) is 9.88. The van der Waals surface area contributed by atoms with Gasteiger partial charge >= 0.3 is 0 Å². The Kier molecular flexibility index (Phi) is 6.75. The molecule has 5 nitrogen and oxygen atoms in total. The highest BCUT2D eigenvalue weighted by Gasteiger charge is 2.34. The van der Waals surface area contributed by atoms with Gasteiger partial charge in [-0.25, -0.2) is 0 Å². The zero-order chi connectivity index (χ0) is 23.4. The number of rotatable bonds is 7. The third-order valence-corrected chi connectivity index (χ3v) is 5.97. The number of carbonyl (C=O) groups excluding carboxylic acids is 1. The lowest BCUT2D eigenvalue weighted by atomic mass is 10.1. The molecule has 6 heteroatoms. The van der Waals surface area contributed by atoms with Crippen LogP contribution in [-0.4, -0.2) is 23.0 Å². The molecular weight excluding hydrogens is 432 g/mol. The molecule has 3 aromatic rings. The molecule has 0 spiro atoms. The molecule has 1 N–H and O–H groups in total. The highest BCUT2D eigenvalue weighted by Crippen LogP contribution is 2.28. The SMILES string of the molecule is COc1ccc(/C=C2\NC(=S)N(C(C)c3ccccc3)C2=O)cc1COc1ccccc1C. The van der Waals surface area contributed by atoms with E-state index >= 15 is 0 Å². The van der Waals surface area contributed by atoms with Crippen molar-refractivity contribution >= 4 is 29.3 Å². The average molecular weight is 459 g/mol. The molecule has 0 bridgehead atoms. The van der Waals surface area contributed by atoms with Gasteiger partial charge in [-0.15, -0.1) is 0 Å². The van der Waals surface area contributed by atoms with Crippen molar-refractivity contribution in [3.8, 4) is 11.5 Å². The quantitative estimate of drug-likeness (QED) is 0.379. The maximum Gasteiger partial charge on any atom is 0.277 e. The fraction of sp³-hybridized carbons (Fsp3) is 0.185. The number of amides is 1. The molecule has 1 aliphatic heterocycles. The van der Waals surface area contributed by atoms with E-state index in [1.807, 2.05) is 92.7 Å². The standard InChI is InChI=1S/C27H26N2O3S/c1-18-9-7-8-12-24(18)32-17-22-15-20(13-14-25(22)31-3)16-23-26(30)29(27(33)28-23)19(2)21-10-5-4-6-11-21/h4-16,19H,17H2,1-3H3,(H,28,33)/b23-16-. The van der Waals surface area contributed by atoms with E-state index in [-0.39, 0.29) is 11.9 Å². The van der Waals surface area contributed by atoms with Crippen molar-refractivity contribution in [1.82, 2.24) is 10.2 Å². The largest absolute Gasteiger partial charge is 0.496 e. The van der Waals surface area contributed by atoms with E-state index < -0.39 is 0 Å². The van der Waals surface area contributed by atoms with Gasteiger partial charge in [-0.05, 0) is 67.0 Å². The molecule has 3 aromatic carbocycles. The summed E-state index contributed by atoms with van der Waals surface area (Å²) in [6, 6.07) is 23.3. The van der Waals surface area contributed by atoms with Gasteiger partial charge in [0.15, 0.2) is 5.11 Å². The van der Waals surface area contributed by atoms with Gasteiger partial charge in [-0.3, -0.25) is 9.69 Å². The summed E-state index contributed by atoms with van der Waals surface area (Å²) in [5.74, 6) is 1.41. The molecule has 1 unspecified atom stereocenters. The summed E-state index contributed by atoms with van der Waals surface area (Å²) < 4.78 is 11.5. The molecule has 4 rings (SSSR count). The van der Waals surface area contributed by atoms with Crippen molar-refractivity contribution < 1.29 is 14.3 Å². The Hall–Kier alpha value is -3.64. The number of thiocarbonyl (C=S) groups is 1. The van der Waals surface area contributed by atoms with E-state index in [1.54, 1.807) is 12.0 Å². The Morgan fingerprint density at radius 2 is 1.76 bits per heavy atom. The fourth-order valence-corrected chi connectivity index (χ4v) is 4.17. The Balaban J connectivity index is 1.56. The molecule has 1 atom stereocenters. The molecule has 168 valence electrons. The van der Waals surface area contributed by atoms with E-state index in [1.165, 1.54) is 0 Å². The van der Waals surface area contributed by atoms with Crippen molar-refractivity contribution in [2.45, 2.75) is 26.5 Å². The summed E-state index contributed by atoms with van der Waals surface area (Å²) in [5.41, 5.74) is 4.27. The van der Waals surface area contributed by atoms with Crippen LogP contribution in [0.1, 0.15) is 35.2 Å². The van der Waals surface area contributed by atoms with Crippen LogP contribution in [0.25, 0.3) is 6.08 Å². The first kappa shape index (κ1) is 22.6. The summed E-state index contributed by atoms with van der Waals surface area (Å²) in [6.07, 6.45) is 1.81. The van der Waals surface area contributed by atoms with Crippen LogP contribution >= 0.6 is 12.2 Å². The van der Waals surface area contributed by atoms with Crippen molar-refractivity contribution in [2.24, 2.45) is 0 Å². The Morgan fingerprint density at radius 3 is 2.48 bits per heavy atom. The maximum atomic E-state index is 13.1. The van der Waals surface area contributed by atoms with Gasteiger partial charge in [0.25, 0.3) is 5.91 Å². The predicted octanol–water partition coefficient (Wildman–Crippen LogP) is 5.40. The second-order valence-electron chi connectivity index (χ2n) is 7.88. The fourth-order valence-electron chi connectivity index (χ4n) is 3.82. The van der Waals surface area contributed by atoms with Crippen molar-refractivity contribution in [1.29, 1.82) is 0 Å². The minimum absolute atomic E-state index is 0.148. The highest BCUT2D eigenvalue weighted by molar-refractivity contribution is 7.80. The lowest BCUT2D eigenvalue weighted by Gasteiger charge is -2.23. The van der Waals surface area contributed by atoms with Crippen LogP contribution in [0, 0.1) is 6.92 Å². The van der Waals surface area contributed by atoms with Crippen molar-refractivity contribution in [3.63, 3.8) is 0 Å². The molecule has 1 aliphatic rings. The number of para-hydroxylation sites is 1. The number of nitrogens with one attached hydrogen (secondary N) is 1. The Labute approximate surface area is 199 Å². The lowest BCUT2D eigenvalue weighted by Crippen LogP contribution is -2.33. The van der Waals surface area contributed by atoms with Gasteiger partial charge in [-0.2, -0.15) is 0 Å². The first-order valence-electron chi connectivity index (χ1n) is 10.7. The van der Waals surface area contributed by atoms with Crippen molar-refractivity contribution in [2.75, 3.05) is 7.11 Å². The Morgan fingerprint density at radius 1 is 1.03 bits per heavy atom. The smallest absolute Gasteiger partial charge is 0.277 e. The summed E-state index contributed by atoms with van der Waals surface area (Å²) in [6.45, 7) is 4.33. The normalized spacial score (nSPS) is 15.5. The first-order valence-corrected chi connectivity index (χ1v) is 11.2. The monoisotopic (exact) mass is 458 g/mol. The number of benzene rings is 3. The minimum Gasteiger partial charge on any atom is -0.496 e. The number of nitrogens with zero attached hydrogens (tertiary/aromatic N) is 1. The average Bonchev–Trinajstić information content (AvgIpc) is 3.11. The number of methoxy groups -OCH3 is 1. The van der Waals surface area contributed by atoms with Crippen LogP contribution < -0.4 is 14.8 Å². The molecule has 0 radical (unpaired) electrons. The zero-order valence-electron chi connectivity index (χ0n) is 18.9. The zero-order valence-corrected chi connectivity index (χ0v) is 19.7. The molecule has 0 aromatic heterocycles. The second-order valence-corrected chi connectivity index (χ2v) is 8.26. The molecule has 0 saturated carbocycles. The Bertz CT molecular complexity index is 1210. The van der Waals surface area contributed by atoms with Crippen molar-refractivity contribution in [3.05, 3.63) is 101 Å². The van der Waals surface area contributed by atoms with Gasteiger partial charge in [0.2, 0.25) is 0 Å². The summed E-state index contributed by atoms with van der Waals surface area (Å²) in [7, 11) is 1.63. The lowest BCUT2D eigenvalue weighted by molar-refractivity contribution is -0.123. The third kappa shape index (κ3) is 4.91. The minimum atomic E-state index is -0.168. The molecule has 33 heavy (non-hydrogen) atoms. The number of carbonyl (C=O) groups is 1. The van der Waals surface area contributed by atoms with Gasteiger partial charge < -0.3 is 14.8 Å². The number of hydrogen-bond donors (Lipinski definition) is 1. The van der Waals surface area contributed by atoms with E-state index in [4.69, 9.17) is 21.7 Å². The van der Waals surface area contributed by atoms with Crippen LogP contribution in [0.4, 0.5) is 0 Å². The summed E-state index contributed by atoms with van der Waals surface area (Å²) in [4.78, 5) is 14.8. The van der Waals surface area contributed by atoms with Gasteiger partial charge in [0.05, 0.1) is 13.2 Å². The highest BCUT2D eigenvalue weighted by atomic mass is 32.1. The molecule has 1 fully saturated rings. The topological polar surface area (TPSA) is 50.8 Å². The molecular formula is C27H26N2O3S. The first-order chi connectivity index (χ1) is 16.0. The van der Waals surface area contributed by atoms with Gasteiger partial charge in [-0.1, -0.05) is 54.6 Å². The van der Waals surface area contributed by atoms with Crippen LogP contribution in [0.2, 0.25) is 0 Å². The van der Waals surface area contributed by atoms with E-state index in [0.29, 0.717) is 17.4 Å². The summed E-state index contributed by atoms with van der Waals surface area (Å²) in [5, 5.41) is 3.47. The number of aryl methyl sites for hydroxylation is 1. The van der Waals surface area contributed by atoms with Crippen LogP contribution in [-0.2, 0) is 11.4 Å². The van der Waals surface area contributed by atoms with E-state index in [0.717, 1.165) is 33.8 Å². The molecule has 1 saturated heterocycles. The van der Waals surface area contributed by atoms with Crippen LogP contribution in [0.15, 0.2) is 78.5 Å². The third-order valence-electron chi connectivity index (χ3n) is 5.67. The predicted molar refractivity (Wildman–Crippen MR) is 134 cm³/mol. The van der Waals surface area contributed by atoms with E-state index in [9.17, 15) is 4.79 Å².